The average Bonchev–Trinajstić information content (AvgIpc) is 2.45. The predicted octanol–water partition coefficient (Wildman–Crippen LogP) is 2.33. The Kier molecular flexibility index (Phi) is 5.09. The Labute approximate surface area is 124 Å². The van der Waals surface area contributed by atoms with Crippen LogP contribution in [0.4, 0.5) is 16.3 Å². The number of urea groups is 1. The van der Waals surface area contributed by atoms with E-state index in [1.54, 1.807) is 0 Å². The number of carbonyl (C=O) groups excluding carboxylic acids is 1. The summed E-state index contributed by atoms with van der Waals surface area (Å²) in [6, 6.07) is 11.2. The number of amides is 2. The number of carbonyl (C=O) groups is 1. The van der Waals surface area contributed by atoms with Crippen LogP contribution in [-0.2, 0) is 0 Å². The monoisotopic (exact) mass is 285 g/mol. The second kappa shape index (κ2) is 7.23. The highest BCUT2D eigenvalue weighted by atomic mass is 16.2. The van der Waals surface area contributed by atoms with Gasteiger partial charge in [-0.15, -0.1) is 5.10 Å². The van der Waals surface area contributed by atoms with E-state index < -0.39 is 0 Å². The Bertz CT molecular complexity index is 597. The molecule has 2 aromatic rings. The van der Waals surface area contributed by atoms with Crippen molar-refractivity contribution in [1.82, 2.24) is 15.5 Å². The van der Waals surface area contributed by atoms with Gasteiger partial charge >= 0.3 is 6.03 Å². The van der Waals surface area contributed by atoms with E-state index in [2.05, 4.69) is 26.1 Å². The summed E-state index contributed by atoms with van der Waals surface area (Å²) in [6.07, 6.45) is 0. The molecule has 110 valence electrons. The number of hydrogen-bond donors (Lipinski definition) is 3. The molecule has 0 aliphatic rings. The van der Waals surface area contributed by atoms with Crippen LogP contribution in [0.2, 0.25) is 0 Å². The minimum Gasteiger partial charge on any atom is -0.367 e. The molecule has 0 aliphatic heterocycles. The van der Waals surface area contributed by atoms with E-state index in [4.69, 9.17) is 0 Å². The smallest absolute Gasteiger partial charge is 0.319 e. The normalized spacial score (nSPS) is 10.0. The molecule has 0 fully saturated rings. The Morgan fingerprint density at radius 1 is 1.10 bits per heavy atom. The zero-order chi connectivity index (χ0) is 15.1. The van der Waals surface area contributed by atoms with Crippen molar-refractivity contribution in [2.75, 3.05) is 23.7 Å². The van der Waals surface area contributed by atoms with Crippen LogP contribution in [0, 0.1) is 13.8 Å². The van der Waals surface area contributed by atoms with E-state index in [1.807, 2.05) is 50.2 Å². The lowest BCUT2D eigenvalue weighted by Crippen LogP contribution is -2.32. The summed E-state index contributed by atoms with van der Waals surface area (Å²) in [5.74, 6) is 0.696. The second-order valence-corrected chi connectivity index (χ2v) is 4.74. The van der Waals surface area contributed by atoms with Crippen molar-refractivity contribution in [1.29, 1.82) is 0 Å². The summed E-state index contributed by atoms with van der Waals surface area (Å²) in [5.41, 5.74) is 2.76. The third kappa shape index (κ3) is 5.10. The van der Waals surface area contributed by atoms with Gasteiger partial charge in [0.2, 0.25) is 0 Å². The average molecular weight is 285 g/mol. The predicted molar refractivity (Wildman–Crippen MR) is 83.5 cm³/mol. The van der Waals surface area contributed by atoms with E-state index in [-0.39, 0.29) is 6.03 Å². The summed E-state index contributed by atoms with van der Waals surface area (Å²) in [7, 11) is 0. The molecular formula is C15H19N5O. The maximum atomic E-state index is 11.7. The third-order valence-electron chi connectivity index (χ3n) is 2.79. The molecule has 6 nitrogen and oxygen atoms in total. The molecule has 1 aromatic heterocycles. The highest BCUT2D eigenvalue weighted by Crippen LogP contribution is 2.08. The lowest BCUT2D eigenvalue weighted by Gasteiger charge is -2.09. The van der Waals surface area contributed by atoms with Crippen LogP contribution >= 0.6 is 0 Å². The van der Waals surface area contributed by atoms with Crippen molar-refractivity contribution >= 4 is 17.5 Å². The number of nitrogens with one attached hydrogen (secondary N) is 3. The maximum Gasteiger partial charge on any atom is 0.319 e. The van der Waals surface area contributed by atoms with Crippen molar-refractivity contribution in [3.8, 4) is 0 Å². The van der Waals surface area contributed by atoms with E-state index in [9.17, 15) is 4.79 Å². The quantitative estimate of drug-likeness (QED) is 0.737. The van der Waals surface area contributed by atoms with Crippen LogP contribution in [0.1, 0.15) is 11.3 Å². The van der Waals surface area contributed by atoms with Gasteiger partial charge in [-0.1, -0.05) is 12.1 Å². The molecule has 0 radical (unpaired) electrons. The van der Waals surface area contributed by atoms with Gasteiger partial charge in [-0.3, -0.25) is 0 Å². The maximum absolute atomic E-state index is 11.7. The Morgan fingerprint density at radius 2 is 1.95 bits per heavy atom. The summed E-state index contributed by atoms with van der Waals surface area (Å²) in [6.45, 7) is 4.94. The van der Waals surface area contributed by atoms with Crippen LogP contribution in [0.15, 0.2) is 36.4 Å². The van der Waals surface area contributed by atoms with Crippen molar-refractivity contribution in [2.45, 2.75) is 13.8 Å². The summed E-state index contributed by atoms with van der Waals surface area (Å²) >= 11 is 0. The molecule has 0 aliphatic carbocycles. The van der Waals surface area contributed by atoms with Crippen molar-refractivity contribution in [2.24, 2.45) is 0 Å². The number of rotatable bonds is 5. The van der Waals surface area contributed by atoms with Crippen LogP contribution in [-0.4, -0.2) is 29.3 Å². The molecule has 2 amide bonds. The molecule has 1 heterocycles. The topological polar surface area (TPSA) is 78.9 Å². The molecule has 3 N–H and O–H groups in total. The molecule has 0 atom stereocenters. The molecule has 0 saturated heterocycles. The third-order valence-corrected chi connectivity index (χ3v) is 2.79. The van der Waals surface area contributed by atoms with Gasteiger partial charge in [-0.05, 0) is 43.7 Å². The van der Waals surface area contributed by atoms with Crippen molar-refractivity contribution in [3.05, 3.63) is 47.7 Å². The van der Waals surface area contributed by atoms with E-state index in [0.717, 1.165) is 16.9 Å². The molecule has 2 rings (SSSR count). The fourth-order valence-electron chi connectivity index (χ4n) is 1.76. The summed E-state index contributed by atoms with van der Waals surface area (Å²) in [4.78, 5) is 11.7. The molecule has 1 aromatic carbocycles. The number of aromatic nitrogens is 2. The van der Waals surface area contributed by atoms with Gasteiger partial charge < -0.3 is 16.0 Å². The molecule has 0 spiro atoms. The largest absolute Gasteiger partial charge is 0.367 e. The molecule has 6 heteroatoms. The van der Waals surface area contributed by atoms with Crippen LogP contribution in [0.25, 0.3) is 0 Å². The van der Waals surface area contributed by atoms with Crippen LogP contribution in [0.5, 0.6) is 0 Å². The zero-order valence-electron chi connectivity index (χ0n) is 12.2. The highest BCUT2D eigenvalue weighted by Gasteiger charge is 2.01. The van der Waals surface area contributed by atoms with Gasteiger partial charge in [-0.25, -0.2) is 4.79 Å². The van der Waals surface area contributed by atoms with Gasteiger partial charge in [0.1, 0.15) is 5.82 Å². The van der Waals surface area contributed by atoms with Gasteiger partial charge in [0.25, 0.3) is 0 Å². The number of benzene rings is 1. The van der Waals surface area contributed by atoms with E-state index in [1.165, 1.54) is 0 Å². The molecule has 21 heavy (non-hydrogen) atoms. The Hall–Kier alpha value is -2.63. The van der Waals surface area contributed by atoms with Gasteiger partial charge in [0, 0.05) is 18.8 Å². The number of nitrogens with zero attached hydrogens (tertiary/aromatic N) is 2. The SMILES string of the molecule is Cc1cccc(NC(=O)NCCNc2ccc(C)nn2)c1. The van der Waals surface area contributed by atoms with E-state index in [0.29, 0.717) is 18.9 Å². The first-order chi connectivity index (χ1) is 10.1. The minimum atomic E-state index is -0.225. The Morgan fingerprint density at radius 3 is 2.67 bits per heavy atom. The number of aryl methyl sites for hydroxylation is 2. The van der Waals surface area contributed by atoms with E-state index >= 15 is 0 Å². The zero-order valence-corrected chi connectivity index (χ0v) is 12.2. The molecule has 0 bridgehead atoms. The molecule has 0 saturated carbocycles. The second-order valence-electron chi connectivity index (χ2n) is 4.74. The molecule has 0 unspecified atom stereocenters. The van der Waals surface area contributed by atoms with Gasteiger partial charge in [0.15, 0.2) is 0 Å². The lowest BCUT2D eigenvalue weighted by atomic mass is 10.2. The van der Waals surface area contributed by atoms with Crippen molar-refractivity contribution < 1.29 is 4.79 Å². The minimum absolute atomic E-state index is 0.225. The fraction of sp³-hybridized carbons (Fsp3) is 0.267. The Balaban J connectivity index is 1.68. The number of anilines is 2. The van der Waals surface area contributed by atoms with Gasteiger partial charge in [-0.2, -0.15) is 5.10 Å². The molecular weight excluding hydrogens is 266 g/mol. The van der Waals surface area contributed by atoms with Crippen LogP contribution in [0.3, 0.4) is 0 Å². The van der Waals surface area contributed by atoms with Gasteiger partial charge in [0.05, 0.1) is 5.69 Å². The lowest BCUT2D eigenvalue weighted by molar-refractivity contribution is 0.252. The summed E-state index contributed by atoms with van der Waals surface area (Å²) in [5, 5.41) is 16.6. The first-order valence-electron chi connectivity index (χ1n) is 6.79. The fourth-order valence-corrected chi connectivity index (χ4v) is 1.76. The highest BCUT2D eigenvalue weighted by molar-refractivity contribution is 5.89. The summed E-state index contributed by atoms with van der Waals surface area (Å²) < 4.78 is 0. The van der Waals surface area contributed by atoms with Crippen molar-refractivity contribution in [3.63, 3.8) is 0 Å². The first kappa shape index (κ1) is 14.8. The first-order valence-corrected chi connectivity index (χ1v) is 6.79. The standard InChI is InChI=1S/C15H19N5O/c1-11-4-3-5-13(10-11)18-15(21)17-9-8-16-14-7-6-12(2)19-20-14/h3-7,10H,8-9H2,1-2H3,(H,16,20)(H2,17,18,21). The number of hydrogen-bond acceptors (Lipinski definition) is 4. The van der Waals surface area contributed by atoms with Crippen LogP contribution < -0.4 is 16.0 Å².